The Morgan fingerprint density at radius 1 is 1.41 bits per heavy atom. The zero-order chi connectivity index (χ0) is 27.4. The maximum Gasteiger partial charge on any atom is 0.371 e. The van der Waals surface area contributed by atoms with Crippen LogP contribution in [0.25, 0.3) is 0 Å². The number of rotatable bonds is 8. The number of carboxylic acids is 2. The molecule has 37 heavy (non-hydrogen) atoms. The second-order valence-corrected chi connectivity index (χ2v) is 11.9. The lowest BCUT2D eigenvalue weighted by Gasteiger charge is -2.55. The van der Waals surface area contributed by atoms with Crippen molar-refractivity contribution in [1.29, 1.82) is 0 Å². The quantitative estimate of drug-likeness (QED) is 0.0954. The highest BCUT2D eigenvalue weighted by molar-refractivity contribution is 7.92. The van der Waals surface area contributed by atoms with Crippen LogP contribution in [-0.2, 0) is 44.7 Å². The molecule has 0 bridgehead atoms. The van der Waals surface area contributed by atoms with Gasteiger partial charge in [0.2, 0.25) is 11.5 Å². The molecule has 0 aliphatic carbocycles. The smallest absolute Gasteiger partial charge is 0.371 e. The number of nitrogens with one attached hydrogen (secondary N) is 1. The van der Waals surface area contributed by atoms with Gasteiger partial charge in [0.05, 0.1) is 12.3 Å². The number of esters is 1. The van der Waals surface area contributed by atoms with Crippen molar-refractivity contribution < 1.29 is 48.3 Å². The van der Waals surface area contributed by atoms with E-state index in [2.05, 4.69) is 15.5 Å². The molecule has 15 nitrogen and oxygen atoms in total. The topological polar surface area (TPSA) is 234 Å². The average Bonchev–Trinajstić information content (AvgIpc) is 3.30. The molecule has 0 aromatic carbocycles. The summed E-state index contributed by atoms with van der Waals surface area (Å²) in [5.74, 6) is -7.71. The number of aliphatic carboxylic acids is 2. The van der Waals surface area contributed by atoms with Gasteiger partial charge in [-0.2, -0.15) is 0 Å². The fourth-order valence-electron chi connectivity index (χ4n) is 4.32. The molecule has 18 heteroatoms. The summed E-state index contributed by atoms with van der Waals surface area (Å²) in [4.78, 5) is 71.4. The summed E-state index contributed by atoms with van der Waals surface area (Å²) in [6.45, 7) is 3.09. The van der Waals surface area contributed by atoms with E-state index in [1.807, 2.05) is 0 Å². The fraction of sp³-hybridized carbons (Fsp3) is 0.526. The van der Waals surface area contributed by atoms with Gasteiger partial charge in [0.25, 0.3) is 17.5 Å². The van der Waals surface area contributed by atoms with Crippen molar-refractivity contribution in [3.8, 4) is 0 Å². The van der Waals surface area contributed by atoms with E-state index >= 15 is 0 Å². The largest absolute Gasteiger partial charge is 0.615 e. The first-order chi connectivity index (χ1) is 17.3. The molecule has 4 rings (SSSR count). The predicted octanol–water partition coefficient (Wildman–Crippen LogP) is -1.03. The van der Waals surface area contributed by atoms with E-state index in [0.717, 1.165) is 11.3 Å². The Morgan fingerprint density at radius 3 is 2.62 bits per heavy atom. The normalized spacial score (nSPS) is 29.6. The van der Waals surface area contributed by atoms with Gasteiger partial charge in [-0.15, -0.1) is 0 Å². The highest BCUT2D eigenvalue weighted by Crippen LogP contribution is 2.48. The zero-order valence-electron chi connectivity index (χ0n) is 19.1. The minimum Gasteiger partial charge on any atom is -0.615 e. The van der Waals surface area contributed by atoms with Crippen LogP contribution in [0, 0.1) is 11.8 Å². The summed E-state index contributed by atoms with van der Waals surface area (Å²) >= 11 is 5.04. The van der Waals surface area contributed by atoms with Crippen LogP contribution in [0.15, 0.2) is 5.16 Å². The van der Waals surface area contributed by atoms with Gasteiger partial charge in [0.1, 0.15) is 15.8 Å². The van der Waals surface area contributed by atoms with Crippen LogP contribution in [0.5, 0.6) is 0 Å². The van der Waals surface area contributed by atoms with E-state index in [4.69, 9.17) is 26.9 Å². The van der Waals surface area contributed by atoms with E-state index in [9.17, 15) is 38.7 Å². The number of amides is 2. The predicted molar refractivity (Wildman–Crippen MR) is 126 cm³/mol. The number of halogens is 1. The molecule has 4 heterocycles. The Kier molecular flexibility index (Phi) is 7.00. The van der Waals surface area contributed by atoms with Crippen LogP contribution in [0.4, 0.5) is 5.13 Å². The molecule has 0 saturated carbocycles. The van der Waals surface area contributed by atoms with E-state index in [0.29, 0.717) is 4.90 Å². The van der Waals surface area contributed by atoms with Crippen molar-refractivity contribution in [2.45, 2.75) is 43.5 Å². The summed E-state index contributed by atoms with van der Waals surface area (Å²) in [7, 11) is 0. The van der Waals surface area contributed by atoms with Crippen LogP contribution < -0.4 is 11.1 Å². The first-order valence-electron chi connectivity index (χ1n) is 10.6. The first-order valence-corrected chi connectivity index (χ1v) is 13.2. The molecule has 0 spiro atoms. The van der Waals surface area contributed by atoms with Crippen molar-refractivity contribution in [3.63, 3.8) is 0 Å². The van der Waals surface area contributed by atoms with Gasteiger partial charge >= 0.3 is 17.9 Å². The molecule has 200 valence electrons. The number of carboxylic acid groups (broad SMARTS) is 2. The highest BCUT2D eigenvalue weighted by atomic mass is 35.5. The second-order valence-electron chi connectivity index (χ2n) is 8.70. The molecule has 1 aromatic heterocycles. The Balaban J connectivity index is 1.63. The molecule has 3 aliphatic heterocycles. The number of carbonyl (C=O) groups excluding carboxylic acids is 3. The van der Waals surface area contributed by atoms with Crippen molar-refractivity contribution in [2.75, 3.05) is 11.5 Å². The SMILES string of the molecule is CC(C)[C@@H](O/N=C(\C(=O)N[C@@H]1C(=O)N2[C@@H]1[S@@+]([O-])C[C@@H]1CC(=O)O[C@@]12C(=O)O)c1nc(N)sc1Cl)C(=O)O. The molecule has 0 radical (unpaired) electrons. The number of thiazole rings is 1. The number of aromatic nitrogens is 1. The van der Waals surface area contributed by atoms with E-state index < -0.39 is 81.7 Å². The van der Waals surface area contributed by atoms with Gasteiger partial charge in [0.15, 0.2) is 16.9 Å². The summed E-state index contributed by atoms with van der Waals surface area (Å²) in [6, 6.07) is -1.48. The number of oxime groups is 1. The van der Waals surface area contributed by atoms with E-state index in [1.54, 1.807) is 13.8 Å². The van der Waals surface area contributed by atoms with Crippen LogP contribution in [0.2, 0.25) is 4.34 Å². The number of β-lactam (4-membered cyclic amide) rings is 1. The third kappa shape index (κ3) is 4.34. The van der Waals surface area contributed by atoms with Gasteiger partial charge in [0, 0.05) is 5.92 Å². The number of hydrogen-bond acceptors (Lipinski definition) is 12. The number of ether oxygens (including phenoxy) is 1. The molecule has 5 N–H and O–H groups in total. The van der Waals surface area contributed by atoms with Gasteiger partial charge < -0.3 is 35.4 Å². The van der Waals surface area contributed by atoms with Gasteiger partial charge in [-0.25, -0.2) is 19.5 Å². The number of nitrogens with zero attached hydrogens (tertiary/aromatic N) is 3. The molecule has 6 atom stereocenters. The Hall–Kier alpha value is -3.15. The minimum absolute atomic E-state index is 0.0454. The molecule has 2 amide bonds. The lowest BCUT2D eigenvalue weighted by atomic mass is 9.89. The van der Waals surface area contributed by atoms with Crippen molar-refractivity contribution >= 4 is 74.7 Å². The van der Waals surface area contributed by atoms with Crippen LogP contribution in [0.3, 0.4) is 0 Å². The maximum absolute atomic E-state index is 13.2. The van der Waals surface area contributed by atoms with Gasteiger partial charge in [-0.3, -0.25) is 14.4 Å². The first kappa shape index (κ1) is 26.9. The second kappa shape index (κ2) is 9.62. The number of fused-ring (bicyclic) bond motifs is 3. The maximum atomic E-state index is 13.2. The van der Waals surface area contributed by atoms with Crippen molar-refractivity contribution in [1.82, 2.24) is 15.2 Å². The minimum atomic E-state index is -2.33. The third-order valence-corrected chi connectivity index (χ3v) is 8.85. The summed E-state index contributed by atoms with van der Waals surface area (Å²) in [5, 5.41) is 23.7. The molecule has 0 unspecified atom stereocenters. The van der Waals surface area contributed by atoms with Crippen LogP contribution >= 0.6 is 22.9 Å². The van der Waals surface area contributed by atoms with Crippen LogP contribution in [0.1, 0.15) is 26.0 Å². The molecular formula is C19H20ClN5O10S2. The highest BCUT2D eigenvalue weighted by Gasteiger charge is 2.76. The fourth-order valence-corrected chi connectivity index (χ4v) is 7.17. The van der Waals surface area contributed by atoms with Crippen LogP contribution in [-0.4, -0.2) is 89.1 Å². The molecule has 3 fully saturated rings. The zero-order valence-corrected chi connectivity index (χ0v) is 21.5. The van der Waals surface area contributed by atoms with E-state index in [-0.39, 0.29) is 27.3 Å². The lowest BCUT2D eigenvalue weighted by molar-refractivity contribution is -0.216. The number of nitrogen functional groups attached to an aromatic ring is 1. The lowest BCUT2D eigenvalue weighted by Crippen LogP contribution is -2.84. The number of hydrogen-bond donors (Lipinski definition) is 4. The molecule has 1 aromatic rings. The molecule has 3 aliphatic rings. The number of nitrogens with two attached hydrogens (primary N) is 1. The standard InChI is InChI=1S/C19H20ClN5O10S2/c1-5(2)11(16(29)30)35-24-9(8-12(20)36-18(21)23-8)13(27)22-10-14(28)25-15(10)37(33)4-6-3-7(26)34-19(6,25)17(31)32/h5-6,10-11,15H,3-4H2,1-2H3,(H2,21,23)(H,22,27)(H,29,30)(H,31,32)/b24-9-/t6-,10+,11+,15+,19+,37-/m0/s1. The van der Waals surface area contributed by atoms with E-state index in [1.165, 1.54) is 0 Å². The third-order valence-electron chi connectivity index (χ3n) is 6.01. The van der Waals surface area contributed by atoms with Crippen molar-refractivity contribution in [3.05, 3.63) is 10.0 Å². The summed E-state index contributed by atoms with van der Waals surface area (Å²) in [5.41, 5.74) is 2.45. The Morgan fingerprint density at radius 2 is 2.08 bits per heavy atom. The molecule has 3 saturated heterocycles. The number of anilines is 1. The Labute approximate surface area is 220 Å². The summed E-state index contributed by atoms with van der Waals surface area (Å²) < 4.78 is 17.9. The average molecular weight is 578 g/mol. The van der Waals surface area contributed by atoms with Gasteiger partial charge in [-0.1, -0.05) is 41.9 Å². The summed E-state index contributed by atoms with van der Waals surface area (Å²) in [6.07, 6.45) is -1.78. The Bertz CT molecular complexity index is 1220. The number of carbonyl (C=O) groups is 5. The van der Waals surface area contributed by atoms with Crippen molar-refractivity contribution in [2.24, 2.45) is 17.0 Å². The monoisotopic (exact) mass is 577 g/mol. The molecular weight excluding hydrogens is 558 g/mol. The van der Waals surface area contributed by atoms with Gasteiger partial charge in [-0.05, 0) is 11.2 Å².